The second kappa shape index (κ2) is 5.15. The molecule has 14 heavy (non-hydrogen) atoms. The Morgan fingerprint density at radius 1 is 1.43 bits per heavy atom. The van der Waals surface area contributed by atoms with Crippen LogP contribution in [0.25, 0.3) is 0 Å². The molecule has 1 aromatic rings. The molecule has 0 aliphatic rings. The number of hydrogen-bond donors (Lipinski definition) is 0. The Hall–Kier alpha value is -0.830. The molecule has 0 fully saturated rings. The van der Waals surface area contributed by atoms with Crippen molar-refractivity contribution in [3.8, 4) is 5.75 Å². The monoisotopic (exact) mass is 256 g/mol. The van der Waals surface area contributed by atoms with E-state index in [4.69, 9.17) is 4.74 Å². The first kappa shape index (κ1) is 11.2. The standard InChI is InChI=1S/C11H13BrO2/c1-3-14-10-6-4-9(5-7-10)11(13)8(2)12/h4-8H,3H2,1-2H3. The van der Waals surface area contributed by atoms with E-state index in [0.29, 0.717) is 12.2 Å². The highest BCUT2D eigenvalue weighted by Gasteiger charge is 2.11. The molecule has 3 heteroatoms. The van der Waals surface area contributed by atoms with Crippen molar-refractivity contribution in [1.29, 1.82) is 0 Å². The number of hydrogen-bond acceptors (Lipinski definition) is 2. The van der Waals surface area contributed by atoms with Crippen molar-refractivity contribution >= 4 is 21.7 Å². The number of benzene rings is 1. The summed E-state index contributed by atoms with van der Waals surface area (Å²) in [5.74, 6) is 0.888. The molecular weight excluding hydrogens is 244 g/mol. The van der Waals surface area contributed by atoms with Crippen LogP contribution in [0.15, 0.2) is 24.3 Å². The Morgan fingerprint density at radius 2 is 2.00 bits per heavy atom. The molecule has 0 bridgehead atoms. The fourth-order valence-electron chi connectivity index (χ4n) is 1.11. The predicted octanol–water partition coefficient (Wildman–Crippen LogP) is 3.05. The molecule has 0 spiro atoms. The van der Waals surface area contributed by atoms with Crippen LogP contribution in [-0.4, -0.2) is 17.2 Å². The number of ketones is 1. The molecular formula is C11H13BrO2. The molecule has 1 unspecified atom stereocenters. The van der Waals surface area contributed by atoms with Crippen molar-refractivity contribution in [2.45, 2.75) is 18.7 Å². The zero-order valence-electron chi connectivity index (χ0n) is 8.29. The number of carbonyl (C=O) groups is 1. The summed E-state index contributed by atoms with van der Waals surface area (Å²) < 4.78 is 5.28. The molecule has 0 aromatic heterocycles. The highest BCUT2D eigenvalue weighted by Crippen LogP contribution is 2.15. The van der Waals surface area contributed by atoms with Crippen molar-refractivity contribution in [2.75, 3.05) is 6.61 Å². The summed E-state index contributed by atoms with van der Waals surface area (Å²) in [4.78, 5) is 11.4. The van der Waals surface area contributed by atoms with Gasteiger partial charge in [-0.15, -0.1) is 0 Å². The lowest BCUT2D eigenvalue weighted by molar-refractivity contribution is 0.0996. The quantitative estimate of drug-likeness (QED) is 0.612. The molecule has 1 atom stereocenters. The maximum Gasteiger partial charge on any atom is 0.176 e. The van der Waals surface area contributed by atoms with Crippen molar-refractivity contribution in [3.63, 3.8) is 0 Å². The zero-order valence-corrected chi connectivity index (χ0v) is 9.87. The van der Waals surface area contributed by atoms with Gasteiger partial charge in [0.25, 0.3) is 0 Å². The minimum absolute atomic E-state index is 0.0908. The Bertz CT molecular complexity index is 304. The third-order valence-corrected chi connectivity index (χ3v) is 2.23. The molecule has 0 aliphatic carbocycles. The number of rotatable bonds is 4. The molecule has 0 amide bonds. The van der Waals surface area contributed by atoms with Crippen molar-refractivity contribution in [3.05, 3.63) is 29.8 Å². The first-order chi connectivity index (χ1) is 6.65. The lowest BCUT2D eigenvalue weighted by Crippen LogP contribution is -2.09. The largest absolute Gasteiger partial charge is 0.494 e. The second-order valence-corrected chi connectivity index (χ2v) is 4.31. The van der Waals surface area contributed by atoms with Gasteiger partial charge in [-0.2, -0.15) is 0 Å². The molecule has 0 saturated carbocycles. The van der Waals surface area contributed by atoms with E-state index in [1.54, 1.807) is 12.1 Å². The van der Waals surface area contributed by atoms with Crippen LogP contribution in [0.4, 0.5) is 0 Å². The molecule has 0 N–H and O–H groups in total. The summed E-state index contributed by atoms with van der Waals surface area (Å²) in [5.41, 5.74) is 0.706. The van der Waals surface area contributed by atoms with Crippen LogP contribution >= 0.6 is 15.9 Å². The minimum atomic E-state index is -0.138. The van der Waals surface area contributed by atoms with Crippen LogP contribution < -0.4 is 4.74 Å². The first-order valence-corrected chi connectivity index (χ1v) is 5.48. The number of carbonyl (C=O) groups excluding carboxylic acids is 1. The van der Waals surface area contributed by atoms with Gasteiger partial charge in [0.15, 0.2) is 5.78 Å². The SMILES string of the molecule is CCOc1ccc(C(=O)C(C)Br)cc1. The van der Waals surface area contributed by atoms with Gasteiger partial charge in [0.05, 0.1) is 11.4 Å². The van der Waals surface area contributed by atoms with E-state index in [1.165, 1.54) is 0 Å². The van der Waals surface area contributed by atoms with Gasteiger partial charge in [-0.05, 0) is 38.1 Å². The fraction of sp³-hybridized carbons (Fsp3) is 0.364. The van der Waals surface area contributed by atoms with Gasteiger partial charge in [-0.25, -0.2) is 0 Å². The van der Waals surface area contributed by atoms with Crippen LogP contribution in [-0.2, 0) is 0 Å². The predicted molar refractivity (Wildman–Crippen MR) is 60.3 cm³/mol. The van der Waals surface area contributed by atoms with E-state index < -0.39 is 0 Å². The minimum Gasteiger partial charge on any atom is -0.494 e. The normalized spacial score (nSPS) is 12.2. The van der Waals surface area contributed by atoms with Crippen LogP contribution in [0.3, 0.4) is 0 Å². The average molecular weight is 257 g/mol. The molecule has 2 nitrogen and oxygen atoms in total. The number of ether oxygens (including phenoxy) is 1. The van der Waals surface area contributed by atoms with Crippen LogP contribution in [0.2, 0.25) is 0 Å². The lowest BCUT2D eigenvalue weighted by Gasteiger charge is -2.05. The molecule has 0 aliphatic heterocycles. The second-order valence-electron chi connectivity index (χ2n) is 2.94. The summed E-state index contributed by atoms with van der Waals surface area (Å²) in [6.45, 7) is 4.39. The van der Waals surface area contributed by atoms with E-state index >= 15 is 0 Å². The number of Topliss-reactive ketones (excluding diaryl/α,β-unsaturated/α-hetero) is 1. The van der Waals surface area contributed by atoms with Gasteiger partial charge < -0.3 is 4.74 Å². The molecule has 76 valence electrons. The molecule has 0 saturated heterocycles. The Morgan fingerprint density at radius 3 is 2.43 bits per heavy atom. The fourth-order valence-corrected chi connectivity index (χ4v) is 1.38. The van der Waals surface area contributed by atoms with Crippen molar-refractivity contribution in [1.82, 2.24) is 0 Å². The summed E-state index contributed by atoms with van der Waals surface area (Å²) in [5, 5.41) is 0. The van der Waals surface area contributed by atoms with Gasteiger partial charge in [-0.3, -0.25) is 4.79 Å². The van der Waals surface area contributed by atoms with Gasteiger partial charge in [0.1, 0.15) is 5.75 Å². The average Bonchev–Trinajstić information content (AvgIpc) is 2.18. The third-order valence-electron chi connectivity index (χ3n) is 1.81. The Balaban J connectivity index is 2.78. The summed E-state index contributed by atoms with van der Waals surface area (Å²) in [6, 6.07) is 7.19. The smallest absolute Gasteiger partial charge is 0.176 e. The van der Waals surface area contributed by atoms with Gasteiger partial charge >= 0.3 is 0 Å². The van der Waals surface area contributed by atoms with Gasteiger partial charge in [0.2, 0.25) is 0 Å². The maximum absolute atomic E-state index is 11.5. The van der Waals surface area contributed by atoms with Crippen LogP contribution in [0.1, 0.15) is 24.2 Å². The summed E-state index contributed by atoms with van der Waals surface area (Å²) in [6.07, 6.45) is 0. The van der Waals surface area contributed by atoms with Crippen molar-refractivity contribution in [2.24, 2.45) is 0 Å². The maximum atomic E-state index is 11.5. The summed E-state index contributed by atoms with van der Waals surface area (Å²) >= 11 is 3.24. The van der Waals surface area contributed by atoms with Crippen molar-refractivity contribution < 1.29 is 9.53 Å². The molecule has 1 aromatic carbocycles. The van der Waals surface area contributed by atoms with E-state index in [9.17, 15) is 4.79 Å². The number of alkyl halides is 1. The Labute approximate surface area is 92.4 Å². The van der Waals surface area contributed by atoms with Crippen LogP contribution in [0.5, 0.6) is 5.75 Å². The number of halogens is 1. The van der Waals surface area contributed by atoms with Gasteiger partial charge in [0, 0.05) is 5.56 Å². The molecule has 0 heterocycles. The van der Waals surface area contributed by atoms with E-state index in [2.05, 4.69) is 15.9 Å². The summed E-state index contributed by atoms with van der Waals surface area (Å²) in [7, 11) is 0. The van der Waals surface area contributed by atoms with Gasteiger partial charge in [-0.1, -0.05) is 15.9 Å². The molecule has 1 rings (SSSR count). The third kappa shape index (κ3) is 2.84. The van der Waals surface area contributed by atoms with E-state index in [-0.39, 0.29) is 10.6 Å². The van der Waals surface area contributed by atoms with Crippen LogP contribution in [0, 0.1) is 0 Å². The zero-order chi connectivity index (χ0) is 10.6. The lowest BCUT2D eigenvalue weighted by atomic mass is 10.1. The first-order valence-electron chi connectivity index (χ1n) is 4.56. The Kier molecular flexibility index (Phi) is 4.14. The topological polar surface area (TPSA) is 26.3 Å². The highest BCUT2D eigenvalue weighted by molar-refractivity contribution is 9.10. The highest BCUT2D eigenvalue weighted by atomic mass is 79.9. The molecule has 0 radical (unpaired) electrons. The van der Waals surface area contributed by atoms with E-state index in [0.717, 1.165) is 5.75 Å². The van der Waals surface area contributed by atoms with E-state index in [1.807, 2.05) is 26.0 Å².